The van der Waals surface area contributed by atoms with Crippen molar-refractivity contribution in [3.8, 4) is 11.4 Å². The van der Waals surface area contributed by atoms with E-state index in [9.17, 15) is 9.59 Å². The van der Waals surface area contributed by atoms with Crippen LogP contribution in [-0.2, 0) is 40.3 Å². The number of benzene rings is 3. The molecule has 18 nitrogen and oxygen atoms in total. The Morgan fingerprint density at radius 2 is 1.14 bits per heavy atom. The first-order chi connectivity index (χ1) is 32.5. The second-order valence-electron chi connectivity index (χ2n) is 19.9. The number of urea groups is 2. The molecule has 4 aliphatic heterocycles. The highest BCUT2D eigenvalue weighted by molar-refractivity contribution is 6.62. The highest BCUT2D eigenvalue weighted by Crippen LogP contribution is 2.41. The molecular weight excluding hydrogens is 882 g/mol. The van der Waals surface area contributed by atoms with Crippen LogP contribution >= 0.6 is 0 Å². The molecule has 0 aliphatic carbocycles. The monoisotopic (exact) mass is 953 g/mol. The number of carbonyl (C=O) groups is 2. The van der Waals surface area contributed by atoms with Gasteiger partial charge >= 0.3 is 26.3 Å². The molecule has 0 saturated carbocycles. The zero-order chi connectivity index (χ0) is 50.4. The van der Waals surface area contributed by atoms with Gasteiger partial charge in [-0.3, -0.25) is 0 Å². The summed E-state index contributed by atoms with van der Waals surface area (Å²) in [5, 5.41) is 28.0. The number of nitrogens with one attached hydrogen (secondary N) is 4. The van der Waals surface area contributed by atoms with Crippen LogP contribution < -0.4 is 42.8 Å². The molecule has 3 fully saturated rings. The number of nitrogen functional groups attached to an aromatic ring is 1. The van der Waals surface area contributed by atoms with Gasteiger partial charge in [0, 0.05) is 47.8 Å². The number of ether oxygens (including phenoxy) is 2. The van der Waals surface area contributed by atoms with Gasteiger partial charge in [0.25, 0.3) is 0 Å². The third kappa shape index (κ3) is 12.9. The van der Waals surface area contributed by atoms with E-state index >= 15 is 0 Å². The number of rotatable bonds is 10. The van der Waals surface area contributed by atoms with Crippen LogP contribution in [0.2, 0.25) is 0 Å². The number of aliphatic hydroxyl groups is 2. The molecule has 372 valence electrons. The molecule has 0 bridgehead atoms. The minimum Gasteiger partial charge on any atom is -0.399 e. The van der Waals surface area contributed by atoms with E-state index < -0.39 is 12.7 Å². The standard InChI is InChI=1S/C22H29N5O4.C15H23BN2O4.C12H18BNO2/c1-14-12-30-11-9-27(14)20-17-13-31-22(2,3)18(17)25-19(26-20)15-4-6-16(7-5-15)24-21(29)23-8-10-28;1-14(2)15(3,4)22-16(21-14)11-5-7-12(8-6-11)18-13(20)17-9-10-19;1-11(2)12(3,4)16-13(15-11)9-5-7-10(14)8-6-9/h4-7,14,28H,8-13H2,1-3H3,(H2,23,24,29);5-8,19H,9-10H2,1-4H3,(H2,17,18,20);5-8H,14H2,1-4H3/t14-;;/m0../s1. The Kier molecular flexibility index (Phi) is 16.7. The predicted molar refractivity (Wildman–Crippen MR) is 270 cm³/mol. The number of carbonyl (C=O) groups excluding carboxylic acids is 2. The van der Waals surface area contributed by atoms with E-state index in [1.165, 1.54) is 0 Å². The molecule has 0 radical (unpaired) electrons. The first kappa shape index (κ1) is 53.0. The fraction of sp³-hybridized carbons (Fsp3) is 0.510. The molecule has 4 amide bonds. The van der Waals surface area contributed by atoms with Gasteiger partial charge in [-0.1, -0.05) is 24.3 Å². The van der Waals surface area contributed by atoms with Crippen molar-refractivity contribution in [3.05, 3.63) is 84.1 Å². The van der Waals surface area contributed by atoms with E-state index in [0.29, 0.717) is 37.0 Å². The smallest absolute Gasteiger partial charge is 0.399 e. The summed E-state index contributed by atoms with van der Waals surface area (Å²) >= 11 is 0. The largest absolute Gasteiger partial charge is 0.494 e. The molecule has 3 aromatic carbocycles. The average Bonchev–Trinajstić information content (AvgIpc) is 3.82. The number of nitrogens with zero attached hydrogens (tertiary/aromatic N) is 3. The van der Waals surface area contributed by atoms with Gasteiger partial charge in [0.05, 0.1) is 67.2 Å². The summed E-state index contributed by atoms with van der Waals surface area (Å²) in [5.41, 5.74) is 10.6. The lowest BCUT2D eigenvalue weighted by Gasteiger charge is -2.35. The summed E-state index contributed by atoms with van der Waals surface area (Å²) in [5.74, 6) is 1.54. The van der Waals surface area contributed by atoms with Gasteiger partial charge in [-0.25, -0.2) is 19.6 Å². The van der Waals surface area contributed by atoms with Crippen molar-refractivity contribution in [2.75, 3.05) is 67.3 Å². The fourth-order valence-corrected chi connectivity index (χ4v) is 7.56. The zero-order valence-corrected chi connectivity index (χ0v) is 41.9. The van der Waals surface area contributed by atoms with E-state index in [-0.39, 0.29) is 73.9 Å². The number of aliphatic hydroxyl groups excluding tert-OH is 2. The van der Waals surface area contributed by atoms with Crippen LogP contribution in [0.1, 0.15) is 87.4 Å². The van der Waals surface area contributed by atoms with Gasteiger partial charge < -0.3 is 70.2 Å². The molecule has 4 aromatic rings. The summed E-state index contributed by atoms with van der Waals surface area (Å²) in [6, 6.07) is 21.8. The van der Waals surface area contributed by atoms with Crippen LogP contribution in [0.25, 0.3) is 11.4 Å². The summed E-state index contributed by atoms with van der Waals surface area (Å²) in [6.45, 7) is 25.2. The number of amides is 4. The van der Waals surface area contributed by atoms with Crippen LogP contribution in [0.5, 0.6) is 0 Å². The number of morpholine rings is 1. The predicted octanol–water partition coefficient (Wildman–Crippen LogP) is 4.92. The van der Waals surface area contributed by atoms with Crippen LogP contribution in [0.15, 0.2) is 72.8 Å². The van der Waals surface area contributed by atoms with E-state index in [0.717, 1.165) is 45.8 Å². The molecule has 8 rings (SSSR count). The number of fused-ring (bicyclic) bond motifs is 1. The van der Waals surface area contributed by atoms with E-state index in [4.69, 9.17) is 54.0 Å². The summed E-state index contributed by atoms with van der Waals surface area (Å²) in [4.78, 5) is 35.4. The summed E-state index contributed by atoms with van der Waals surface area (Å²) in [7, 11) is -0.715. The Labute approximate surface area is 407 Å². The van der Waals surface area contributed by atoms with Crippen molar-refractivity contribution >= 4 is 60.1 Å². The van der Waals surface area contributed by atoms with Crippen molar-refractivity contribution in [2.24, 2.45) is 0 Å². The number of hydrogen-bond acceptors (Lipinski definition) is 14. The second kappa shape index (κ2) is 21.8. The molecule has 1 atom stereocenters. The SMILES string of the molecule is CC1(C)OB(c2ccc(N)cc2)OC1(C)C.CC1(C)OB(c2ccc(NC(=O)NCCO)cc2)OC1(C)C.C[C@H]1COCCN1c1nc(-c2ccc(NC(=O)NCCO)cc2)nc2c1COC2(C)C. The average molecular weight is 953 g/mol. The zero-order valence-electron chi connectivity index (χ0n) is 41.9. The minimum absolute atomic E-state index is 0.0890. The van der Waals surface area contributed by atoms with Gasteiger partial charge in [0.1, 0.15) is 11.4 Å². The van der Waals surface area contributed by atoms with Crippen LogP contribution in [0.3, 0.4) is 0 Å². The molecule has 3 saturated heterocycles. The van der Waals surface area contributed by atoms with Crippen molar-refractivity contribution in [3.63, 3.8) is 0 Å². The lowest BCUT2D eigenvalue weighted by molar-refractivity contribution is -0.0100. The third-order valence-corrected chi connectivity index (χ3v) is 13.1. The number of anilines is 4. The number of nitrogens with two attached hydrogens (primary N) is 1. The first-order valence-corrected chi connectivity index (χ1v) is 23.4. The van der Waals surface area contributed by atoms with Gasteiger partial charge in [0.2, 0.25) is 0 Å². The van der Waals surface area contributed by atoms with Crippen molar-refractivity contribution in [2.45, 2.75) is 117 Å². The molecule has 8 N–H and O–H groups in total. The van der Waals surface area contributed by atoms with Gasteiger partial charge in [0.15, 0.2) is 5.82 Å². The second-order valence-corrected chi connectivity index (χ2v) is 19.9. The highest BCUT2D eigenvalue weighted by Gasteiger charge is 2.52. The maximum atomic E-state index is 11.8. The summed E-state index contributed by atoms with van der Waals surface area (Å²) < 4.78 is 35.4. The third-order valence-electron chi connectivity index (χ3n) is 13.1. The van der Waals surface area contributed by atoms with Crippen LogP contribution in [-0.4, -0.2) is 121 Å². The number of hydrogen-bond donors (Lipinski definition) is 7. The molecule has 0 spiro atoms. The Morgan fingerprint density at radius 1 is 0.696 bits per heavy atom. The van der Waals surface area contributed by atoms with Gasteiger partial charge in [-0.15, -0.1) is 0 Å². The maximum Gasteiger partial charge on any atom is 0.494 e. The molecule has 0 unspecified atom stereocenters. The van der Waals surface area contributed by atoms with Crippen molar-refractivity contribution < 1.29 is 47.9 Å². The molecule has 20 heteroatoms. The van der Waals surface area contributed by atoms with Crippen molar-refractivity contribution in [1.82, 2.24) is 20.6 Å². The van der Waals surface area contributed by atoms with E-state index in [1.807, 2.05) is 130 Å². The normalized spacial score (nSPS) is 20.1. The molecule has 1 aromatic heterocycles. The van der Waals surface area contributed by atoms with Crippen LogP contribution in [0.4, 0.5) is 32.5 Å². The van der Waals surface area contributed by atoms with E-state index in [2.05, 4.69) is 33.1 Å². The Morgan fingerprint density at radius 3 is 1.59 bits per heavy atom. The maximum absolute atomic E-state index is 11.8. The number of aromatic nitrogens is 2. The summed E-state index contributed by atoms with van der Waals surface area (Å²) in [6.07, 6.45) is 0. The van der Waals surface area contributed by atoms with Gasteiger partial charge in [-0.2, -0.15) is 0 Å². The quantitative estimate of drug-likeness (QED) is 0.0827. The topological polar surface area (TPSA) is 233 Å². The Bertz CT molecular complexity index is 2340. The Hall–Kier alpha value is -5.31. The Balaban J connectivity index is 0.000000180. The molecule has 4 aliphatic rings. The lowest BCUT2D eigenvalue weighted by atomic mass is 9.79. The van der Waals surface area contributed by atoms with Crippen molar-refractivity contribution in [1.29, 1.82) is 0 Å². The van der Waals surface area contributed by atoms with E-state index in [1.54, 1.807) is 12.1 Å². The lowest BCUT2D eigenvalue weighted by Crippen LogP contribution is -2.44. The first-order valence-electron chi connectivity index (χ1n) is 23.4. The molecule has 5 heterocycles. The molecular formula is C49H70B2N8O10. The van der Waals surface area contributed by atoms with Crippen LogP contribution in [0, 0.1) is 0 Å². The van der Waals surface area contributed by atoms with Gasteiger partial charge in [-0.05, 0) is 136 Å². The molecule has 69 heavy (non-hydrogen) atoms. The highest BCUT2D eigenvalue weighted by atomic mass is 16.7. The fourth-order valence-electron chi connectivity index (χ4n) is 7.56. The minimum atomic E-state index is -0.483.